The van der Waals surface area contributed by atoms with E-state index >= 15 is 15.0 Å². The number of carbonyl (C=O) groups excluding carboxylic acids is 2. The number of esters is 1. The molecule has 23 atom stereocenters. The average molecular weight is 1160 g/mol. The quantitative estimate of drug-likeness (QED) is 0.0740. The first kappa shape index (κ1) is 56.6. The van der Waals surface area contributed by atoms with Gasteiger partial charge < -0.3 is 45.5 Å². The van der Waals surface area contributed by atoms with Crippen LogP contribution >= 0.6 is 0 Å². The largest absolute Gasteiger partial charge is 0.454 e. The van der Waals surface area contributed by atoms with Crippen molar-refractivity contribution in [1.82, 2.24) is 5.32 Å². The Labute approximate surface area is 509 Å². The predicted octanol–water partition coefficient (Wildman–Crippen LogP) is 9.56. The number of fused-ring (bicyclic) bond motifs is 11. The fourth-order valence-corrected chi connectivity index (χ4v) is 24.9. The van der Waals surface area contributed by atoms with E-state index in [2.05, 4.69) is 90.5 Å². The summed E-state index contributed by atoms with van der Waals surface area (Å²) in [4.78, 5) is 30.2. The first-order chi connectivity index (χ1) is 41.5. The van der Waals surface area contributed by atoms with E-state index < -0.39 is 92.3 Å². The van der Waals surface area contributed by atoms with Crippen molar-refractivity contribution in [3.63, 3.8) is 0 Å². The maximum absolute atomic E-state index is 15.8. The lowest BCUT2D eigenvalue weighted by Crippen LogP contribution is -2.87. The Bertz CT molecular complexity index is 3420. The zero-order valence-corrected chi connectivity index (χ0v) is 50.7. The van der Waals surface area contributed by atoms with Gasteiger partial charge in [0, 0.05) is 64.5 Å². The molecule has 454 valence electrons. The molecule has 3 aromatic carbocycles. The summed E-state index contributed by atoms with van der Waals surface area (Å²) in [6.45, 7) is 2.20. The second kappa shape index (κ2) is 20.2. The second-order valence-corrected chi connectivity index (χ2v) is 31.6. The van der Waals surface area contributed by atoms with Crippen LogP contribution in [-0.2, 0) is 46.6 Å². The molecule has 13 aliphatic carbocycles. The molecule has 0 radical (unpaired) electrons. The highest BCUT2D eigenvalue weighted by atomic mass is 16.5. The molecule has 9 fully saturated rings. The number of carbonyl (C=O) groups is 2. The number of hydrogen-bond donors (Lipinski definition) is 7. The number of hydrogen-bond acceptors (Lipinski definition) is 10. The van der Waals surface area contributed by atoms with Crippen molar-refractivity contribution in [2.45, 2.75) is 202 Å². The number of aliphatic hydroxyl groups is 6. The van der Waals surface area contributed by atoms with E-state index in [1.54, 1.807) is 6.08 Å². The zero-order chi connectivity index (χ0) is 58.9. The molecule has 9 saturated carbocycles. The lowest BCUT2D eigenvalue weighted by Gasteiger charge is -2.75. The maximum atomic E-state index is 15.8. The Hall–Kier alpha value is -4.62. The van der Waals surface area contributed by atoms with Gasteiger partial charge in [0.05, 0.1) is 29.8 Å². The van der Waals surface area contributed by atoms with Crippen molar-refractivity contribution in [1.29, 1.82) is 0 Å². The van der Waals surface area contributed by atoms with Crippen molar-refractivity contribution in [2.75, 3.05) is 7.05 Å². The third kappa shape index (κ3) is 7.84. The molecule has 3 aromatic rings. The lowest BCUT2D eigenvalue weighted by atomic mass is 9.31. The van der Waals surface area contributed by atoms with Crippen LogP contribution in [0.3, 0.4) is 0 Å². The van der Waals surface area contributed by atoms with Crippen LogP contribution in [0.25, 0.3) is 0 Å². The number of aliphatic hydroxyl groups excluding tert-OH is 3. The Kier molecular flexibility index (Phi) is 13.3. The molecular weight excluding hydrogens is 1070 g/mol. The summed E-state index contributed by atoms with van der Waals surface area (Å²) >= 11 is 0. The molecular formula is C76H91NO9. The van der Waals surface area contributed by atoms with E-state index in [4.69, 9.17) is 4.74 Å². The highest BCUT2D eigenvalue weighted by Crippen LogP contribution is 2.81. The zero-order valence-electron chi connectivity index (χ0n) is 50.7. The molecule has 3 spiro atoms. The van der Waals surface area contributed by atoms with E-state index in [1.807, 2.05) is 19.2 Å². The molecule has 0 saturated heterocycles. The van der Waals surface area contributed by atoms with Crippen LogP contribution in [0.1, 0.15) is 168 Å². The van der Waals surface area contributed by atoms with Crippen LogP contribution in [0, 0.1) is 122 Å². The summed E-state index contributed by atoms with van der Waals surface area (Å²) < 4.78 is 6.62. The summed E-state index contributed by atoms with van der Waals surface area (Å²) in [5, 5.41) is 89.2. The minimum Gasteiger partial charge on any atom is -0.454 e. The molecule has 14 aliphatic rings. The smallest absolute Gasteiger partial charge is 0.331 e. The van der Waals surface area contributed by atoms with Gasteiger partial charge in [-0.3, -0.25) is 0 Å². The summed E-state index contributed by atoms with van der Waals surface area (Å²) in [5.41, 5.74) is -2.40. The van der Waals surface area contributed by atoms with Gasteiger partial charge in [-0.25, -0.2) is 4.79 Å². The number of aldehydes is 1. The van der Waals surface area contributed by atoms with Gasteiger partial charge >= 0.3 is 5.97 Å². The molecule has 86 heavy (non-hydrogen) atoms. The van der Waals surface area contributed by atoms with Gasteiger partial charge in [0.2, 0.25) is 0 Å². The van der Waals surface area contributed by atoms with E-state index in [0.717, 1.165) is 79.9 Å². The fourth-order valence-electron chi connectivity index (χ4n) is 24.9. The number of nitrogens with one attached hydrogen (secondary N) is 1. The van der Waals surface area contributed by atoms with Gasteiger partial charge in [0.1, 0.15) is 23.6 Å². The lowest BCUT2D eigenvalue weighted by molar-refractivity contribution is -0.391. The van der Waals surface area contributed by atoms with Crippen LogP contribution in [0.5, 0.6) is 0 Å². The molecule has 0 amide bonds. The van der Waals surface area contributed by atoms with Crippen LogP contribution in [0.2, 0.25) is 0 Å². The van der Waals surface area contributed by atoms with Crippen molar-refractivity contribution in [2.24, 2.45) is 98.6 Å². The average Bonchev–Trinajstić information content (AvgIpc) is 1.19. The van der Waals surface area contributed by atoms with Gasteiger partial charge in [-0.05, 0) is 220 Å². The Morgan fingerprint density at radius 3 is 2.30 bits per heavy atom. The topological polar surface area (TPSA) is 177 Å². The van der Waals surface area contributed by atoms with Gasteiger partial charge in [-0.2, -0.15) is 0 Å². The van der Waals surface area contributed by atoms with Crippen molar-refractivity contribution in [3.05, 3.63) is 117 Å². The van der Waals surface area contributed by atoms with Gasteiger partial charge in [0.15, 0.2) is 0 Å². The van der Waals surface area contributed by atoms with Crippen LogP contribution in [0.15, 0.2) is 78.4 Å². The van der Waals surface area contributed by atoms with Crippen LogP contribution < -0.4 is 5.32 Å². The SMILES string of the molecule is CN[C@H]1Cc2c(cccc2CO)C#C[C@]23CC[C@@H](Cc4cccc(c4)Cc4cccc(c4)C[C@@H]4CC#C[C@@H]5C[C@]6(C2)[C@H]2C7=CC(=O)O[C@@H]7[C@@H]1C[C@@H]2C[C@]6(O)[C@]1(O)[C@H](O)[C@H]2C[C@H]([C@@H](C)C6CCCC6)CC[C@@H]6[C@@H](O)[C@]7(CC[C@@H]4C7)C[C@](C=O)([C@@H]51)[C@@]62O)C3. The van der Waals surface area contributed by atoms with E-state index in [1.165, 1.54) is 35.1 Å². The summed E-state index contributed by atoms with van der Waals surface area (Å²) in [6, 6.07) is 24.0. The molecule has 10 heteroatoms. The van der Waals surface area contributed by atoms with Gasteiger partial charge in [-0.1, -0.05) is 111 Å². The monoisotopic (exact) mass is 1160 g/mol. The Balaban J connectivity index is 0.977. The van der Waals surface area contributed by atoms with Gasteiger partial charge in [-0.15, -0.1) is 5.92 Å². The third-order valence-corrected chi connectivity index (χ3v) is 28.2. The first-order valence-electron chi connectivity index (χ1n) is 34.0. The molecule has 1 heterocycles. The van der Waals surface area contributed by atoms with E-state index in [-0.39, 0.29) is 73.3 Å². The van der Waals surface area contributed by atoms with Crippen LogP contribution in [0.4, 0.5) is 0 Å². The maximum Gasteiger partial charge on any atom is 0.331 e. The molecule has 1 aliphatic heterocycles. The number of likely N-dealkylation sites (N-methyl/N-ethyl adjacent to an activating group) is 1. The van der Waals surface area contributed by atoms with Crippen molar-refractivity contribution in [3.8, 4) is 23.7 Å². The highest BCUT2D eigenvalue weighted by Gasteiger charge is 2.88. The molecule has 0 unspecified atom stereocenters. The highest BCUT2D eigenvalue weighted by molar-refractivity contribution is 5.86. The molecule has 0 aromatic heterocycles. The van der Waals surface area contributed by atoms with Crippen LogP contribution in [-0.4, -0.2) is 91.1 Å². The van der Waals surface area contributed by atoms with Gasteiger partial charge in [0.25, 0.3) is 0 Å². The number of benzene rings is 3. The standard InChI is InChI=1S/C76H91NO9/c1-44(50-13-3-4-14-50)52-19-20-61-68(81)71-26-23-54(37-71)53-16-8-17-55-38-72-41-70(24-21-49(36-70)30-47-11-5-9-45(28-47)27-46-10-6-12-48(29-46)31-53)25-22-51-15-7-18-56(40-78)58(51)34-63(77-2)59-32-57(65(72)60-35-64(80)86-66(59)60)39-74(72,83)76(85)67(55)73(42-71,43-79)75(61,84)62(33-52)69(76)82/h5-7,9-12,15,18,28-29,35,43-44,49-50,52-55,57,59,61-63,65-69,77-78,81-85H,3-4,13-14,16,19-21,23-24,26-27,30-34,36-42H2,1-2H3/t44-,49-,52+,53-,54+,55+,57+,59+,61+,62+,63-,65+,66+,67+,68+,69+,70-,71-,72-,73-,74+,75+,76+/m0/s1. The van der Waals surface area contributed by atoms with E-state index in [0.29, 0.717) is 70.1 Å². The Morgan fingerprint density at radius 1 is 0.767 bits per heavy atom. The molecule has 10 nitrogen and oxygen atoms in total. The normalized spacial score (nSPS) is 46.9. The number of rotatable bonds is 5. The minimum atomic E-state index is -2.40. The first-order valence-corrected chi connectivity index (χ1v) is 34.0. The van der Waals surface area contributed by atoms with E-state index in [9.17, 15) is 25.2 Å². The molecule has 7 N–H and O–H groups in total. The minimum absolute atomic E-state index is 0.0354. The molecule has 17 rings (SSSR count). The third-order valence-electron chi connectivity index (χ3n) is 28.2. The second-order valence-electron chi connectivity index (χ2n) is 31.6. The summed E-state index contributed by atoms with van der Waals surface area (Å²) in [6.07, 6.45) is 15.0. The summed E-state index contributed by atoms with van der Waals surface area (Å²) in [7, 11) is 1.95. The predicted molar refractivity (Wildman–Crippen MR) is 326 cm³/mol. The Morgan fingerprint density at radius 2 is 1.53 bits per heavy atom. The van der Waals surface area contributed by atoms with Crippen molar-refractivity contribution >= 4 is 12.3 Å². The summed E-state index contributed by atoms with van der Waals surface area (Å²) in [5.74, 6) is 11.7. The van der Waals surface area contributed by atoms with Crippen molar-refractivity contribution < 1.29 is 45.0 Å². The molecule has 15 bridgehead atoms. The number of ether oxygens (including phenoxy) is 1. The fraction of sp³-hybridized carbons (Fsp3) is 0.658.